The molecule has 1 atom stereocenters. The smallest absolute Gasteiger partial charge is 0.0345 e. The monoisotopic (exact) mass is 191 g/mol. The molecule has 0 bridgehead atoms. The van der Waals surface area contributed by atoms with Crippen molar-refractivity contribution in [3.05, 3.63) is 35.2 Å². The first-order valence-electron chi connectivity index (χ1n) is 4.49. The number of hydrogen-bond donors (Lipinski definition) is 1. The number of hydrogen-bond acceptors (Lipinski definition) is 2. The summed E-state index contributed by atoms with van der Waals surface area (Å²) >= 11 is 1.85. The van der Waals surface area contributed by atoms with E-state index in [0.717, 1.165) is 6.42 Å². The maximum Gasteiger partial charge on any atom is 0.0345 e. The van der Waals surface area contributed by atoms with Crippen molar-refractivity contribution in [1.82, 2.24) is 0 Å². The van der Waals surface area contributed by atoms with Gasteiger partial charge in [0.1, 0.15) is 0 Å². The Balaban J connectivity index is 2.38. The Morgan fingerprint density at radius 1 is 1.38 bits per heavy atom. The molecule has 1 heterocycles. The first-order valence-corrected chi connectivity index (χ1v) is 5.30. The molecule has 0 radical (unpaired) electrons. The Kier molecular flexibility index (Phi) is 2.34. The van der Waals surface area contributed by atoms with Crippen molar-refractivity contribution in [3.8, 4) is 0 Å². The van der Waals surface area contributed by atoms with Crippen LogP contribution in [0.15, 0.2) is 30.3 Å². The molecule has 0 spiro atoms. The maximum absolute atomic E-state index is 5.75. The van der Waals surface area contributed by atoms with Crippen molar-refractivity contribution in [2.24, 2.45) is 5.73 Å². The molecule has 0 fully saturated rings. The van der Waals surface area contributed by atoms with Crippen LogP contribution in [-0.2, 0) is 6.42 Å². The largest absolute Gasteiger partial charge is 0.328 e. The predicted molar refractivity (Wildman–Crippen MR) is 59.2 cm³/mol. The topological polar surface area (TPSA) is 26.0 Å². The molecule has 1 aromatic carbocycles. The van der Waals surface area contributed by atoms with E-state index in [1.54, 1.807) is 0 Å². The van der Waals surface area contributed by atoms with E-state index in [-0.39, 0.29) is 6.04 Å². The summed E-state index contributed by atoms with van der Waals surface area (Å²) < 4.78 is 1.36. The van der Waals surface area contributed by atoms with Crippen LogP contribution in [0.4, 0.5) is 0 Å². The van der Waals surface area contributed by atoms with E-state index in [0.29, 0.717) is 0 Å². The van der Waals surface area contributed by atoms with Gasteiger partial charge < -0.3 is 5.73 Å². The van der Waals surface area contributed by atoms with E-state index >= 15 is 0 Å². The molecule has 0 saturated carbocycles. The lowest BCUT2D eigenvalue weighted by atomic mass is 10.2. The van der Waals surface area contributed by atoms with Crippen LogP contribution in [0.25, 0.3) is 10.1 Å². The van der Waals surface area contributed by atoms with Crippen LogP contribution in [0.5, 0.6) is 0 Å². The molecule has 1 aromatic heterocycles. The van der Waals surface area contributed by atoms with Crippen LogP contribution in [0.2, 0.25) is 0 Å². The number of benzene rings is 1. The average Bonchev–Trinajstić information content (AvgIpc) is 2.44. The third-order valence-corrected chi connectivity index (χ3v) is 3.14. The van der Waals surface area contributed by atoms with Gasteiger partial charge in [-0.1, -0.05) is 18.2 Å². The van der Waals surface area contributed by atoms with Crippen LogP contribution in [0.1, 0.15) is 11.8 Å². The number of fused-ring (bicyclic) bond motifs is 1. The zero-order valence-corrected chi connectivity index (χ0v) is 8.47. The standard InChI is InChI=1S/C11H13NS/c1-8(12)6-10-7-9-4-2-3-5-11(9)13-10/h2-5,7-8H,6,12H2,1H3/t8-/m0/s1. The Labute approximate surface area is 82.2 Å². The van der Waals surface area contributed by atoms with E-state index < -0.39 is 0 Å². The molecular weight excluding hydrogens is 178 g/mol. The van der Waals surface area contributed by atoms with Gasteiger partial charge in [-0.25, -0.2) is 0 Å². The van der Waals surface area contributed by atoms with E-state index in [2.05, 4.69) is 30.3 Å². The van der Waals surface area contributed by atoms with Gasteiger partial charge in [-0.2, -0.15) is 0 Å². The van der Waals surface area contributed by atoms with Gasteiger partial charge in [0.2, 0.25) is 0 Å². The van der Waals surface area contributed by atoms with Gasteiger partial charge >= 0.3 is 0 Å². The van der Waals surface area contributed by atoms with Gasteiger partial charge in [0.05, 0.1) is 0 Å². The third kappa shape index (κ3) is 1.90. The summed E-state index contributed by atoms with van der Waals surface area (Å²) in [6, 6.07) is 11.0. The number of thiophene rings is 1. The minimum atomic E-state index is 0.257. The van der Waals surface area contributed by atoms with Crippen LogP contribution in [0.3, 0.4) is 0 Å². The second kappa shape index (κ2) is 3.48. The minimum absolute atomic E-state index is 0.257. The van der Waals surface area contributed by atoms with Gasteiger partial charge in [0.15, 0.2) is 0 Å². The maximum atomic E-state index is 5.75. The first-order chi connectivity index (χ1) is 6.25. The van der Waals surface area contributed by atoms with Crippen LogP contribution in [-0.4, -0.2) is 6.04 Å². The number of rotatable bonds is 2. The lowest BCUT2D eigenvalue weighted by Gasteiger charge is -1.99. The molecule has 2 aromatic rings. The van der Waals surface area contributed by atoms with Gasteiger partial charge in [0.25, 0.3) is 0 Å². The summed E-state index contributed by atoms with van der Waals surface area (Å²) in [6.45, 7) is 2.05. The van der Waals surface area contributed by atoms with Gasteiger partial charge in [-0.15, -0.1) is 11.3 Å². The van der Waals surface area contributed by atoms with Gasteiger partial charge in [-0.3, -0.25) is 0 Å². The van der Waals surface area contributed by atoms with E-state index in [1.807, 2.05) is 18.3 Å². The fraction of sp³-hybridized carbons (Fsp3) is 0.273. The molecule has 0 aliphatic heterocycles. The Morgan fingerprint density at radius 2 is 2.15 bits per heavy atom. The van der Waals surface area contributed by atoms with Crippen molar-refractivity contribution in [2.45, 2.75) is 19.4 Å². The zero-order chi connectivity index (χ0) is 9.26. The molecule has 0 amide bonds. The minimum Gasteiger partial charge on any atom is -0.328 e. The highest BCUT2D eigenvalue weighted by molar-refractivity contribution is 7.19. The lowest BCUT2D eigenvalue weighted by Crippen LogP contribution is -2.16. The molecule has 0 aliphatic rings. The quantitative estimate of drug-likeness (QED) is 0.776. The summed E-state index contributed by atoms with van der Waals surface area (Å²) in [5.41, 5.74) is 5.75. The number of nitrogens with two attached hydrogens (primary N) is 1. The van der Waals surface area contributed by atoms with Crippen molar-refractivity contribution in [1.29, 1.82) is 0 Å². The van der Waals surface area contributed by atoms with Crippen LogP contribution < -0.4 is 5.73 Å². The summed E-state index contributed by atoms with van der Waals surface area (Å²) in [5, 5.41) is 1.34. The second-order valence-electron chi connectivity index (χ2n) is 3.43. The summed E-state index contributed by atoms with van der Waals surface area (Å²) in [5.74, 6) is 0. The van der Waals surface area contributed by atoms with Crippen molar-refractivity contribution < 1.29 is 0 Å². The highest BCUT2D eigenvalue weighted by atomic mass is 32.1. The van der Waals surface area contributed by atoms with Crippen molar-refractivity contribution in [3.63, 3.8) is 0 Å². The van der Waals surface area contributed by atoms with Crippen molar-refractivity contribution in [2.75, 3.05) is 0 Å². The highest BCUT2D eigenvalue weighted by Gasteiger charge is 2.02. The Hall–Kier alpha value is -0.860. The van der Waals surface area contributed by atoms with Gasteiger partial charge in [0, 0.05) is 15.6 Å². The fourth-order valence-electron chi connectivity index (χ4n) is 1.45. The molecule has 2 rings (SSSR count). The van der Waals surface area contributed by atoms with Crippen LogP contribution >= 0.6 is 11.3 Å². The molecule has 68 valence electrons. The summed E-state index contributed by atoms with van der Waals surface area (Å²) in [7, 11) is 0. The molecule has 0 aliphatic carbocycles. The molecule has 13 heavy (non-hydrogen) atoms. The lowest BCUT2D eigenvalue weighted by molar-refractivity contribution is 0.747. The molecule has 2 heteroatoms. The third-order valence-electron chi connectivity index (χ3n) is 2.00. The molecule has 1 nitrogen and oxygen atoms in total. The van der Waals surface area contributed by atoms with E-state index in [1.165, 1.54) is 15.0 Å². The molecule has 0 unspecified atom stereocenters. The summed E-state index contributed by atoms with van der Waals surface area (Å²) in [6.07, 6.45) is 0.985. The van der Waals surface area contributed by atoms with Gasteiger partial charge in [-0.05, 0) is 30.9 Å². The SMILES string of the molecule is C[C@H](N)Cc1cc2ccccc2s1. The second-order valence-corrected chi connectivity index (χ2v) is 4.60. The normalized spacial score (nSPS) is 13.4. The first kappa shape index (κ1) is 8.73. The summed E-state index contributed by atoms with van der Waals surface area (Å²) in [4.78, 5) is 1.39. The molecule has 0 saturated heterocycles. The molecule has 2 N–H and O–H groups in total. The van der Waals surface area contributed by atoms with Crippen LogP contribution in [0, 0.1) is 0 Å². The predicted octanol–water partition coefficient (Wildman–Crippen LogP) is 2.79. The van der Waals surface area contributed by atoms with E-state index in [4.69, 9.17) is 5.73 Å². The highest BCUT2D eigenvalue weighted by Crippen LogP contribution is 2.25. The Morgan fingerprint density at radius 3 is 2.85 bits per heavy atom. The zero-order valence-electron chi connectivity index (χ0n) is 7.66. The van der Waals surface area contributed by atoms with E-state index in [9.17, 15) is 0 Å². The molecular formula is C11H13NS. The average molecular weight is 191 g/mol. The van der Waals surface area contributed by atoms with Crippen molar-refractivity contribution >= 4 is 21.4 Å². The fourth-order valence-corrected chi connectivity index (χ4v) is 2.66. The Bertz CT molecular complexity index is 370.